The molecule has 0 aliphatic rings. The molecular weight excluding hydrogens is 354 g/mol. The number of aryl methyl sites for hydroxylation is 1. The van der Waals surface area contributed by atoms with Crippen LogP contribution in [0.25, 0.3) is 0 Å². The molecule has 6 heteroatoms. The number of rotatable bonds is 6. The number of halogens is 2. The summed E-state index contributed by atoms with van der Waals surface area (Å²) in [6.45, 7) is 2.95. The third kappa shape index (κ3) is 3.42. The first-order valence-corrected chi connectivity index (χ1v) is 8.01. The van der Waals surface area contributed by atoms with Gasteiger partial charge in [-0.15, -0.1) is 0 Å². The number of methoxy groups -OCH3 is 1. The highest BCUT2D eigenvalue weighted by Crippen LogP contribution is 2.35. The van der Waals surface area contributed by atoms with Crippen molar-refractivity contribution >= 4 is 27.5 Å². The first-order valence-electron chi connectivity index (χ1n) is 6.84. The van der Waals surface area contributed by atoms with Crippen LogP contribution >= 0.6 is 27.5 Å². The van der Waals surface area contributed by atoms with Gasteiger partial charge in [0.2, 0.25) is 0 Å². The molecule has 0 aliphatic heterocycles. The van der Waals surface area contributed by atoms with E-state index < -0.39 is 0 Å². The molecule has 0 radical (unpaired) electrons. The Balaban J connectivity index is 2.52. The maximum absolute atomic E-state index is 6.36. The average molecular weight is 373 g/mol. The third-order valence-electron chi connectivity index (χ3n) is 3.34. The van der Waals surface area contributed by atoms with Gasteiger partial charge in [-0.2, -0.15) is 5.10 Å². The maximum atomic E-state index is 6.36. The fourth-order valence-corrected chi connectivity index (χ4v) is 3.00. The lowest BCUT2D eigenvalue weighted by Gasteiger charge is -2.21. The molecule has 2 rings (SSSR count). The van der Waals surface area contributed by atoms with E-state index in [2.05, 4.69) is 33.3 Å². The van der Waals surface area contributed by atoms with E-state index in [0.29, 0.717) is 5.02 Å². The second-order valence-electron chi connectivity index (χ2n) is 4.71. The van der Waals surface area contributed by atoms with Crippen LogP contribution in [0.3, 0.4) is 0 Å². The van der Waals surface area contributed by atoms with Gasteiger partial charge in [-0.25, -0.2) is 0 Å². The zero-order chi connectivity index (χ0) is 15.4. The van der Waals surface area contributed by atoms with E-state index in [1.807, 2.05) is 29.9 Å². The molecule has 0 amide bonds. The molecular formula is C15H19BrClN3O. The van der Waals surface area contributed by atoms with Gasteiger partial charge >= 0.3 is 0 Å². The molecule has 1 aromatic carbocycles. The molecule has 4 nitrogen and oxygen atoms in total. The highest BCUT2D eigenvalue weighted by Gasteiger charge is 2.23. The van der Waals surface area contributed by atoms with Crippen molar-refractivity contribution in [3.05, 3.63) is 45.1 Å². The molecule has 2 aromatic rings. The molecule has 0 saturated heterocycles. The molecule has 1 heterocycles. The maximum Gasteiger partial charge on any atom is 0.125 e. The normalized spacial score (nSPS) is 12.4. The summed E-state index contributed by atoms with van der Waals surface area (Å²) in [5.74, 6) is 0.809. The summed E-state index contributed by atoms with van der Waals surface area (Å²) in [6.07, 6.45) is 2.70. The fourth-order valence-electron chi connectivity index (χ4n) is 2.41. The summed E-state index contributed by atoms with van der Waals surface area (Å²) in [5, 5.41) is 8.34. The quantitative estimate of drug-likeness (QED) is 0.832. The molecule has 1 N–H and O–H groups in total. The number of nitrogens with one attached hydrogen (secondary N) is 1. The monoisotopic (exact) mass is 371 g/mol. The van der Waals surface area contributed by atoms with Gasteiger partial charge in [0, 0.05) is 16.6 Å². The van der Waals surface area contributed by atoms with Crippen LogP contribution in [0, 0.1) is 0 Å². The average Bonchev–Trinajstić information content (AvgIpc) is 2.83. The van der Waals surface area contributed by atoms with E-state index in [9.17, 15) is 0 Å². The Kier molecular flexibility index (Phi) is 5.67. The van der Waals surface area contributed by atoms with Crippen molar-refractivity contribution in [2.45, 2.75) is 25.9 Å². The Morgan fingerprint density at radius 1 is 1.48 bits per heavy atom. The molecule has 0 bridgehead atoms. The first kappa shape index (κ1) is 16.3. The molecule has 1 unspecified atom stereocenters. The minimum absolute atomic E-state index is 0.0744. The second-order valence-corrected chi connectivity index (χ2v) is 6.03. The van der Waals surface area contributed by atoms with Gasteiger partial charge in [0.15, 0.2) is 0 Å². The van der Waals surface area contributed by atoms with Gasteiger partial charge in [0.1, 0.15) is 5.75 Å². The topological polar surface area (TPSA) is 39.1 Å². The predicted octanol–water partition coefficient (Wildman–Crippen LogP) is 4.03. The van der Waals surface area contributed by atoms with Crippen LogP contribution in [-0.4, -0.2) is 23.9 Å². The first-order chi connectivity index (χ1) is 10.1. The van der Waals surface area contributed by atoms with Gasteiger partial charge in [-0.1, -0.05) is 40.5 Å². The number of hydrogen-bond donors (Lipinski definition) is 1. The Hall–Kier alpha value is -1.04. The molecule has 0 aliphatic carbocycles. The summed E-state index contributed by atoms with van der Waals surface area (Å²) in [5.41, 5.74) is 1.99. The van der Waals surface area contributed by atoms with Crippen LogP contribution in [0.2, 0.25) is 5.02 Å². The Labute approximate surface area is 138 Å². The summed E-state index contributed by atoms with van der Waals surface area (Å²) >= 11 is 9.82. The predicted molar refractivity (Wildman–Crippen MR) is 89.1 cm³/mol. The highest BCUT2D eigenvalue weighted by atomic mass is 79.9. The van der Waals surface area contributed by atoms with Crippen LogP contribution in [-0.2, 0) is 6.54 Å². The van der Waals surface area contributed by atoms with Gasteiger partial charge < -0.3 is 10.1 Å². The lowest BCUT2D eigenvalue weighted by Crippen LogP contribution is -2.22. The minimum Gasteiger partial charge on any atom is -0.496 e. The minimum atomic E-state index is -0.0744. The van der Waals surface area contributed by atoms with Gasteiger partial charge in [-0.05, 0) is 25.6 Å². The summed E-state index contributed by atoms with van der Waals surface area (Å²) in [6, 6.07) is 5.91. The molecule has 0 spiro atoms. The van der Waals surface area contributed by atoms with Crippen LogP contribution < -0.4 is 10.1 Å². The zero-order valence-electron chi connectivity index (χ0n) is 12.4. The van der Waals surface area contributed by atoms with E-state index in [1.165, 1.54) is 0 Å². The zero-order valence-corrected chi connectivity index (χ0v) is 14.7. The lowest BCUT2D eigenvalue weighted by atomic mass is 10.0. The molecule has 1 aromatic heterocycles. The summed E-state index contributed by atoms with van der Waals surface area (Å²) in [7, 11) is 3.58. The molecule has 1 atom stereocenters. The smallest absolute Gasteiger partial charge is 0.125 e. The highest BCUT2D eigenvalue weighted by molar-refractivity contribution is 9.10. The van der Waals surface area contributed by atoms with E-state index >= 15 is 0 Å². The summed E-state index contributed by atoms with van der Waals surface area (Å²) in [4.78, 5) is 0. The van der Waals surface area contributed by atoms with Crippen LogP contribution in [0.5, 0.6) is 5.75 Å². The van der Waals surface area contributed by atoms with E-state index in [0.717, 1.165) is 34.4 Å². The van der Waals surface area contributed by atoms with Gasteiger partial charge in [0.25, 0.3) is 0 Å². The molecule has 114 valence electrons. The molecule has 0 fully saturated rings. The Morgan fingerprint density at radius 2 is 2.24 bits per heavy atom. The SMILES string of the molecule is CCCn1ncc(Cl)c1C(NC)c1ccc(Br)cc1OC. The third-order valence-corrected chi connectivity index (χ3v) is 4.12. The van der Waals surface area contributed by atoms with E-state index in [4.69, 9.17) is 16.3 Å². The number of aromatic nitrogens is 2. The second kappa shape index (κ2) is 7.29. The van der Waals surface area contributed by atoms with Gasteiger partial charge in [-0.3, -0.25) is 4.68 Å². The van der Waals surface area contributed by atoms with Crippen LogP contribution in [0.4, 0.5) is 0 Å². The van der Waals surface area contributed by atoms with Crippen molar-refractivity contribution < 1.29 is 4.74 Å². The standard InChI is InChI=1S/C15H19BrClN3O/c1-4-7-20-15(12(17)9-19-20)14(18-2)11-6-5-10(16)8-13(11)21-3/h5-6,8-9,14,18H,4,7H2,1-3H3. The molecule has 21 heavy (non-hydrogen) atoms. The fraction of sp³-hybridized carbons (Fsp3) is 0.400. The summed E-state index contributed by atoms with van der Waals surface area (Å²) < 4.78 is 8.43. The van der Waals surface area contributed by atoms with Crippen molar-refractivity contribution in [1.82, 2.24) is 15.1 Å². The number of nitrogens with zero attached hydrogens (tertiary/aromatic N) is 2. The van der Waals surface area contributed by atoms with Crippen molar-refractivity contribution in [1.29, 1.82) is 0 Å². The van der Waals surface area contributed by atoms with E-state index in [-0.39, 0.29) is 6.04 Å². The molecule has 0 saturated carbocycles. The Bertz CT molecular complexity index is 615. The van der Waals surface area contributed by atoms with E-state index in [1.54, 1.807) is 13.3 Å². The lowest BCUT2D eigenvalue weighted by molar-refractivity contribution is 0.403. The van der Waals surface area contributed by atoms with Crippen LogP contribution in [0.15, 0.2) is 28.9 Å². The van der Waals surface area contributed by atoms with Crippen molar-refractivity contribution in [2.24, 2.45) is 0 Å². The van der Waals surface area contributed by atoms with Crippen LogP contribution in [0.1, 0.15) is 30.6 Å². The Morgan fingerprint density at radius 3 is 2.86 bits per heavy atom. The van der Waals surface area contributed by atoms with Gasteiger partial charge in [0.05, 0.1) is 30.1 Å². The number of ether oxygens (including phenoxy) is 1. The largest absolute Gasteiger partial charge is 0.496 e. The van der Waals surface area contributed by atoms with Crippen molar-refractivity contribution in [3.63, 3.8) is 0 Å². The van der Waals surface area contributed by atoms with Crippen molar-refractivity contribution in [3.8, 4) is 5.75 Å². The number of benzene rings is 1. The number of hydrogen-bond acceptors (Lipinski definition) is 3. The van der Waals surface area contributed by atoms with Crippen molar-refractivity contribution in [2.75, 3.05) is 14.2 Å².